The van der Waals surface area contributed by atoms with Gasteiger partial charge in [0.1, 0.15) is 11.9 Å². The lowest BCUT2D eigenvalue weighted by Gasteiger charge is -2.30. The van der Waals surface area contributed by atoms with E-state index in [0.29, 0.717) is 33.2 Å². The van der Waals surface area contributed by atoms with Crippen LogP contribution in [-0.4, -0.2) is 32.2 Å². The second kappa shape index (κ2) is 7.37. The lowest BCUT2D eigenvalue weighted by Crippen LogP contribution is -2.30. The molecule has 0 radical (unpaired) electrons. The topological polar surface area (TPSA) is 81.0 Å². The molecule has 3 aromatic carbocycles. The van der Waals surface area contributed by atoms with E-state index < -0.39 is 11.4 Å². The van der Waals surface area contributed by atoms with Gasteiger partial charge in [-0.1, -0.05) is 30.3 Å². The van der Waals surface area contributed by atoms with E-state index in [1.54, 1.807) is 18.2 Å². The zero-order valence-electron chi connectivity index (χ0n) is 16.5. The molecule has 1 N–H and O–H groups in total. The number of aliphatic hydroxyl groups is 1. The summed E-state index contributed by atoms with van der Waals surface area (Å²) in [5.74, 6) is -0.508. The van der Waals surface area contributed by atoms with Crippen molar-refractivity contribution in [2.75, 3.05) is 7.11 Å². The summed E-state index contributed by atoms with van der Waals surface area (Å²) in [4.78, 5) is 17.6. The second-order valence-electron chi connectivity index (χ2n) is 7.07. The number of fused-ring (bicyclic) bond motifs is 2. The number of aromatic nitrogens is 4. The van der Waals surface area contributed by atoms with Crippen molar-refractivity contribution >= 4 is 22.1 Å². The molecule has 5 aromatic rings. The molecule has 1 atom stereocenters. The minimum atomic E-state index is -1.77. The smallest absolute Gasteiger partial charge is 0.165 e. The van der Waals surface area contributed by atoms with Gasteiger partial charge in [0.2, 0.25) is 0 Å². The number of methoxy groups -OCH3 is 1. The molecular weight excluding hydrogens is 395 g/mol. The van der Waals surface area contributed by atoms with E-state index in [4.69, 9.17) is 9.72 Å². The number of rotatable bonds is 4. The highest BCUT2D eigenvalue weighted by Crippen LogP contribution is 2.40. The summed E-state index contributed by atoms with van der Waals surface area (Å²) in [5, 5.41) is 12.1. The zero-order chi connectivity index (χ0) is 21.4. The third-order valence-electron chi connectivity index (χ3n) is 5.31. The third kappa shape index (κ3) is 3.06. The van der Waals surface area contributed by atoms with Crippen molar-refractivity contribution in [3.05, 3.63) is 102 Å². The highest BCUT2D eigenvalue weighted by Gasteiger charge is 2.37. The fraction of sp³-hybridized carbons (Fsp3) is 0.0833. The Balaban J connectivity index is 1.85. The van der Waals surface area contributed by atoms with Crippen LogP contribution in [0.3, 0.4) is 0 Å². The van der Waals surface area contributed by atoms with Crippen molar-refractivity contribution in [2.24, 2.45) is 0 Å². The van der Waals surface area contributed by atoms with E-state index in [2.05, 4.69) is 15.0 Å². The largest absolute Gasteiger partial charge is 0.494 e. The van der Waals surface area contributed by atoms with Crippen LogP contribution >= 0.6 is 0 Å². The van der Waals surface area contributed by atoms with Crippen LogP contribution in [-0.2, 0) is 5.60 Å². The summed E-state index contributed by atoms with van der Waals surface area (Å²) in [5.41, 5.74) is 1.89. The molecule has 2 heterocycles. The van der Waals surface area contributed by atoms with Crippen LogP contribution in [0.25, 0.3) is 22.1 Å². The van der Waals surface area contributed by atoms with E-state index in [1.165, 1.54) is 38.0 Å². The second-order valence-corrected chi connectivity index (χ2v) is 7.07. The predicted molar refractivity (Wildman–Crippen MR) is 114 cm³/mol. The van der Waals surface area contributed by atoms with Crippen molar-refractivity contribution in [3.63, 3.8) is 0 Å². The van der Waals surface area contributed by atoms with Crippen molar-refractivity contribution < 1.29 is 14.2 Å². The fourth-order valence-corrected chi connectivity index (χ4v) is 3.79. The first-order valence-electron chi connectivity index (χ1n) is 9.59. The molecule has 7 heteroatoms. The fourth-order valence-electron chi connectivity index (χ4n) is 3.79. The summed E-state index contributed by atoms with van der Waals surface area (Å²) in [7, 11) is 1.39. The van der Waals surface area contributed by atoms with Gasteiger partial charge in [0.25, 0.3) is 0 Å². The standard InChI is InChI=1S/C24H17FN4O2/c1-31-22-10-9-15(11-18(22)25)24(30,16-12-26-14-27-13-16)17-5-4-8-21-23(17)29-20-7-3-2-6-19(20)28-21/h2-14,30H,1H3. The lowest BCUT2D eigenvalue weighted by molar-refractivity contribution is 0.125. The van der Waals surface area contributed by atoms with Gasteiger partial charge in [-0.15, -0.1) is 0 Å². The van der Waals surface area contributed by atoms with Gasteiger partial charge in [0.15, 0.2) is 11.6 Å². The normalized spacial score (nSPS) is 13.3. The summed E-state index contributed by atoms with van der Waals surface area (Å²) in [6.45, 7) is 0. The minimum absolute atomic E-state index is 0.0825. The van der Waals surface area contributed by atoms with E-state index in [9.17, 15) is 9.50 Å². The Morgan fingerprint density at radius 2 is 1.55 bits per heavy atom. The molecular formula is C24H17FN4O2. The number of benzene rings is 3. The van der Waals surface area contributed by atoms with Crippen LogP contribution in [0.2, 0.25) is 0 Å². The van der Waals surface area contributed by atoms with Crippen LogP contribution < -0.4 is 4.74 Å². The predicted octanol–water partition coefficient (Wildman–Crippen LogP) is 4.00. The Hall–Kier alpha value is -3.97. The first kappa shape index (κ1) is 19.0. The van der Waals surface area contributed by atoms with Crippen molar-refractivity contribution in [2.45, 2.75) is 5.60 Å². The number of hydrogen-bond donors (Lipinski definition) is 1. The lowest BCUT2D eigenvalue weighted by atomic mass is 9.80. The number of ether oxygens (including phenoxy) is 1. The number of para-hydroxylation sites is 3. The van der Waals surface area contributed by atoms with Gasteiger partial charge >= 0.3 is 0 Å². The Morgan fingerprint density at radius 1 is 0.839 bits per heavy atom. The third-order valence-corrected chi connectivity index (χ3v) is 5.31. The molecule has 6 nitrogen and oxygen atoms in total. The van der Waals surface area contributed by atoms with E-state index in [1.807, 2.05) is 30.3 Å². The summed E-state index contributed by atoms with van der Waals surface area (Å²) in [6.07, 6.45) is 4.37. The number of hydrogen-bond acceptors (Lipinski definition) is 6. The van der Waals surface area contributed by atoms with Gasteiger partial charge in [-0.2, -0.15) is 0 Å². The van der Waals surface area contributed by atoms with Crippen molar-refractivity contribution in [3.8, 4) is 5.75 Å². The molecule has 0 aliphatic heterocycles. The molecule has 1 unspecified atom stereocenters. The van der Waals surface area contributed by atoms with E-state index in [0.717, 1.165) is 5.52 Å². The van der Waals surface area contributed by atoms with Gasteiger partial charge in [-0.3, -0.25) is 0 Å². The molecule has 0 saturated carbocycles. The summed E-state index contributed by atoms with van der Waals surface area (Å²) in [6, 6.07) is 17.2. The molecule has 0 aliphatic rings. The Bertz CT molecular complexity index is 1410. The molecule has 152 valence electrons. The zero-order valence-corrected chi connectivity index (χ0v) is 16.5. The number of nitrogens with zero attached hydrogens (tertiary/aromatic N) is 4. The van der Waals surface area contributed by atoms with Gasteiger partial charge in [0, 0.05) is 23.5 Å². The highest BCUT2D eigenvalue weighted by atomic mass is 19.1. The summed E-state index contributed by atoms with van der Waals surface area (Å²) < 4.78 is 19.7. The molecule has 5 rings (SSSR count). The van der Waals surface area contributed by atoms with Gasteiger partial charge in [0.05, 0.1) is 29.2 Å². The Kier molecular flexibility index (Phi) is 4.52. The SMILES string of the molecule is COc1ccc(C(O)(c2cncnc2)c2cccc3nc4ccccc4nc23)cc1F. The summed E-state index contributed by atoms with van der Waals surface area (Å²) >= 11 is 0. The van der Waals surface area contributed by atoms with Crippen molar-refractivity contribution in [1.29, 1.82) is 0 Å². The van der Waals surface area contributed by atoms with Crippen LogP contribution in [0.1, 0.15) is 16.7 Å². The molecule has 0 saturated heterocycles. The highest BCUT2D eigenvalue weighted by molar-refractivity contribution is 5.89. The molecule has 2 aromatic heterocycles. The first-order chi connectivity index (χ1) is 15.1. The van der Waals surface area contributed by atoms with Crippen LogP contribution in [0.4, 0.5) is 4.39 Å². The maximum Gasteiger partial charge on any atom is 0.165 e. The maximum absolute atomic E-state index is 14.6. The molecule has 0 spiro atoms. The molecule has 31 heavy (non-hydrogen) atoms. The van der Waals surface area contributed by atoms with Crippen molar-refractivity contribution in [1.82, 2.24) is 19.9 Å². The van der Waals surface area contributed by atoms with Gasteiger partial charge < -0.3 is 9.84 Å². The van der Waals surface area contributed by atoms with E-state index in [-0.39, 0.29) is 5.75 Å². The molecule has 0 bridgehead atoms. The van der Waals surface area contributed by atoms with Crippen LogP contribution in [0, 0.1) is 5.82 Å². The number of halogens is 1. The average Bonchev–Trinajstić information content (AvgIpc) is 2.82. The minimum Gasteiger partial charge on any atom is -0.494 e. The Morgan fingerprint density at radius 3 is 2.26 bits per heavy atom. The maximum atomic E-state index is 14.6. The Labute approximate surface area is 177 Å². The molecule has 0 fully saturated rings. The molecule has 0 aliphatic carbocycles. The van der Waals surface area contributed by atoms with Gasteiger partial charge in [-0.05, 0) is 35.9 Å². The first-order valence-corrected chi connectivity index (χ1v) is 9.59. The monoisotopic (exact) mass is 412 g/mol. The van der Waals surface area contributed by atoms with E-state index >= 15 is 0 Å². The van der Waals surface area contributed by atoms with Crippen LogP contribution in [0.5, 0.6) is 5.75 Å². The van der Waals surface area contributed by atoms with Gasteiger partial charge in [-0.25, -0.2) is 24.3 Å². The van der Waals surface area contributed by atoms with Crippen LogP contribution in [0.15, 0.2) is 79.4 Å². The quantitative estimate of drug-likeness (QED) is 0.450. The average molecular weight is 412 g/mol. The molecule has 0 amide bonds.